The zero-order valence-corrected chi connectivity index (χ0v) is 12.4. The summed E-state index contributed by atoms with van der Waals surface area (Å²) in [5.41, 5.74) is 1.17. The van der Waals surface area contributed by atoms with E-state index in [1.807, 2.05) is 7.85 Å². The molecule has 1 aromatic heterocycles. The molecular weight excluding hydrogens is 282 g/mol. The van der Waals surface area contributed by atoms with Crippen LogP contribution in [-0.2, 0) is 6.32 Å². The Labute approximate surface area is 127 Å². The standard InChI is InChI=1S/C17H14BFO3/c1-21-12-6-3-7-13-16(12)17(20)15(14(9-18)22-13)10-4-2-5-11(19)8-10/h2-8H,9,18H2,1H3. The molecule has 5 heteroatoms. The van der Waals surface area contributed by atoms with E-state index >= 15 is 0 Å². The molecule has 0 spiro atoms. The Kier molecular flexibility index (Phi) is 3.71. The Bertz CT molecular complexity index is 902. The van der Waals surface area contributed by atoms with Crippen LogP contribution in [-0.4, -0.2) is 15.0 Å². The van der Waals surface area contributed by atoms with Gasteiger partial charge in [0, 0.05) is 0 Å². The SMILES string of the molecule is BCc1oc2cccc(OC)c2c(=O)c1-c1cccc(F)c1. The maximum atomic E-state index is 13.5. The topological polar surface area (TPSA) is 39.4 Å². The van der Waals surface area contributed by atoms with Crippen LogP contribution in [0.5, 0.6) is 5.75 Å². The summed E-state index contributed by atoms with van der Waals surface area (Å²) in [5.74, 6) is 0.599. The zero-order chi connectivity index (χ0) is 15.7. The van der Waals surface area contributed by atoms with Gasteiger partial charge in [0.15, 0.2) is 0 Å². The fourth-order valence-corrected chi connectivity index (χ4v) is 2.61. The van der Waals surface area contributed by atoms with Crippen molar-refractivity contribution >= 4 is 18.8 Å². The summed E-state index contributed by atoms with van der Waals surface area (Å²) in [6.07, 6.45) is 0.536. The molecule has 0 saturated carbocycles. The molecule has 110 valence electrons. The smallest absolute Gasteiger partial charge is 0.204 e. The van der Waals surface area contributed by atoms with Crippen LogP contribution in [0, 0.1) is 5.82 Å². The van der Waals surface area contributed by atoms with Crippen molar-refractivity contribution in [3.05, 3.63) is 64.3 Å². The molecule has 0 fully saturated rings. The van der Waals surface area contributed by atoms with Crippen LogP contribution in [0.25, 0.3) is 22.1 Å². The van der Waals surface area contributed by atoms with Gasteiger partial charge in [-0.15, -0.1) is 0 Å². The van der Waals surface area contributed by atoms with Gasteiger partial charge in [-0.1, -0.05) is 18.2 Å². The van der Waals surface area contributed by atoms with Crippen molar-refractivity contribution in [2.45, 2.75) is 6.32 Å². The molecule has 0 bridgehead atoms. The summed E-state index contributed by atoms with van der Waals surface area (Å²) in [6, 6.07) is 11.2. The van der Waals surface area contributed by atoms with Crippen LogP contribution < -0.4 is 10.2 Å². The lowest BCUT2D eigenvalue weighted by molar-refractivity contribution is 0.418. The van der Waals surface area contributed by atoms with E-state index in [0.29, 0.717) is 39.9 Å². The lowest BCUT2D eigenvalue weighted by Gasteiger charge is -2.11. The van der Waals surface area contributed by atoms with Gasteiger partial charge >= 0.3 is 0 Å². The van der Waals surface area contributed by atoms with E-state index in [2.05, 4.69) is 0 Å². The van der Waals surface area contributed by atoms with Gasteiger partial charge in [-0.2, -0.15) is 0 Å². The summed E-state index contributed by atoms with van der Waals surface area (Å²) in [7, 11) is 3.40. The molecule has 22 heavy (non-hydrogen) atoms. The van der Waals surface area contributed by atoms with Crippen LogP contribution in [0.15, 0.2) is 51.7 Å². The highest BCUT2D eigenvalue weighted by molar-refractivity contribution is 6.08. The highest BCUT2D eigenvalue weighted by Gasteiger charge is 2.18. The average molecular weight is 296 g/mol. The van der Waals surface area contributed by atoms with Gasteiger partial charge in [-0.25, -0.2) is 4.39 Å². The molecule has 0 aliphatic heterocycles. The summed E-state index contributed by atoms with van der Waals surface area (Å²) in [5, 5.41) is 0.376. The average Bonchev–Trinajstić information content (AvgIpc) is 2.53. The Hall–Kier alpha value is -2.56. The van der Waals surface area contributed by atoms with E-state index in [1.165, 1.54) is 19.2 Å². The van der Waals surface area contributed by atoms with E-state index in [1.54, 1.807) is 30.3 Å². The molecule has 2 aromatic carbocycles. The van der Waals surface area contributed by atoms with E-state index in [9.17, 15) is 9.18 Å². The normalized spacial score (nSPS) is 10.8. The molecule has 0 aliphatic carbocycles. The lowest BCUT2D eigenvalue weighted by atomic mass is 9.94. The predicted octanol–water partition coefficient (Wildman–Crippen LogP) is 2.74. The van der Waals surface area contributed by atoms with Gasteiger partial charge in [0.2, 0.25) is 5.43 Å². The molecule has 1 heterocycles. The number of hydrogen-bond acceptors (Lipinski definition) is 3. The third-order valence-electron chi connectivity index (χ3n) is 3.61. The molecule has 0 unspecified atom stereocenters. The van der Waals surface area contributed by atoms with E-state index < -0.39 is 0 Å². The monoisotopic (exact) mass is 296 g/mol. The molecule has 0 saturated heterocycles. The first-order chi connectivity index (χ1) is 10.7. The number of ether oxygens (including phenoxy) is 1. The van der Waals surface area contributed by atoms with E-state index in [-0.39, 0.29) is 11.2 Å². The Morgan fingerprint density at radius 2 is 2.00 bits per heavy atom. The third kappa shape index (κ3) is 2.28. The first-order valence-corrected chi connectivity index (χ1v) is 7.04. The van der Waals surface area contributed by atoms with Crippen molar-refractivity contribution in [1.29, 1.82) is 0 Å². The van der Waals surface area contributed by atoms with Crippen molar-refractivity contribution < 1.29 is 13.5 Å². The summed E-state index contributed by atoms with van der Waals surface area (Å²) >= 11 is 0. The number of benzene rings is 2. The van der Waals surface area contributed by atoms with Gasteiger partial charge in [-0.3, -0.25) is 4.79 Å². The third-order valence-corrected chi connectivity index (χ3v) is 3.61. The predicted molar refractivity (Wildman–Crippen MR) is 86.7 cm³/mol. The second-order valence-electron chi connectivity index (χ2n) is 4.93. The number of halogens is 1. The van der Waals surface area contributed by atoms with E-state index in [0.717, 1.165) is 0 Å². The summed E-state index contributed by atoms with van der Waals surface area (Å²) < 4.78 is 24.6. The molecule has 3 aromatic rings. The molecule has 0 aliphatic rings. The Morgan fingerprint density at radius 1 is 1.23 bits per heavy atom. The van der Waals surface area contributed by atoms with Crippen molar-refractivity contribution in [2.75, 3.05) is 7.11 Å². The van der Waals surface area contributed by atoms with Gasteiger partial charge in [0.1, 0.15) is 36.1 Å². The van der Waals surface area contributed by atoms with Crippen LogP contribution in [0.3, 0.4) is 0 Å². The number of rotatable bonds is 3. The molecule has 3 rings (SSSR count). The van der Waals surface area contributed by atoms with Crippen molar-refractivity contribution in [2.24, 2.45) is 0 Å². The van der Waals surface area contributed by atoms with Crippen molar-refractivity contribution in [3.8, 4) is 16.9 Å². The molecule has 0 atom stereocenters. The second-order valence-corrected chi connectivity index (χ2v) is 4.93. The minimum absolute atomic E-state index is 0.207. The van der Waals surface area contributed by atoms with Crippen LogP contribution in [0.1, 0.15) is 5.76 Å². The van der Waals surface area contributed by atoms with Gasteiger partial charge in [0.05, 0.1) is 12.7 Å². The Balaban J connectivity index is 2.43. The first kappa shape index (κ1) is 14.4. The molecule has 0 radical (unpaired) electrons. The van der Waals surface area contributed by atoms with Gasteiger partial charge in [-0.05, 0) is 36.1 Å². The quantitative estimate of drug-likeness (QED) is 0.698. The van der Waals surface area contributed by atoms with Crippen LogP contribution in [0.4, 0.5) is 4.39 Å². The highest BCUT2D eigenvalue weighted by Crippen LogP contribution is 2.29. The summed E-state index contributed by atoms with van der Waals surface area (Å²) in [6.45, 7) is 0. The number of methoxy groups -OCH3 is 1. The molecule has 0 N–H and O–H groups in total. The summed E-state index contributed by atoms with van der Waals surface area (Å²) in [4.78, 5) is 12.9. The molecular formula is C17H14BFO3. The Morgan fingerprint density at radius 3 is 2.68 bits per heavy atom. The molecule has 0 amide bonds. The number of hydrogen-bond donors (Lipinski definition) is 0. The second kappa shape index (κ2) is 5.68. The van der Waals surface area contributed by atoms with E-state index in [4.69, 9.17) is 9.15 Å². The van der Waals surface area contributed by atoms with Crippen molar-refractivity contribution in [1.82, 2.24) is 0 Å². The molecule has 3 nitrogen and oxygen atoms in total. The minimum Gasteiger partial charge on any atom is -0.496 e. The lowest BCUT2D eigenvalue weighted by Crippen LogP contribution is -2.10. The number of fused-ring (bicyclic) bond motifs is 1. The maximum Gasteiger partial charge on any atom is 0.204 e. The van der Waals surface area contributed by atoms with Gasteiger partial charge in [0.25, 0.3) is 0 Å². The van der Waals surface area contributed by atoms with Crippen LogP contribution in [0.2, 0.25) is 0 Å². The fourth-order valence-electron chi connectivity index (χ4n) is 2.61. The largest absolute Gasteiger partial charge is 0.496 e. The van der Waals surface area contributed by atoms with Gasteiger partial charge < -0.3 is 9.15 Å². The van der Waals surface area contributed by atoms with Crippen molar-refractivity contribution in [3.63, 3.8) is 0 Å². The minimum atomic E-state index is -0.390. The highest BCUT2D eigenvalue weighted by atomic mass is 19.1. The fraction of sp³-hybridized carbons (Fsp3) is 0.118. The first-order valence-electron chi connectivity index (χ1n) is 7.04. The maximum absolute atomic E-state index is 13.5. The van der Waals surface area contributed by atoms with Crippen LogP contribution >= 0.6 is 0 Å². The zero-order valence-electron chi connectivity index (χ0n) is 12.4.